The maximum absolute atomic E-state index is 12.1. The number of carbonyl (C=O) groups is 2. The lowest BCUT2D eigenvalue weighted by Crippen LogP contribution is -2.34. The van der Waals surface area contributed by atoms with Crippen molar-refractivity contribution in [3.63, 3.8) is 0 Å². The van der Waals surface area contributed by atoms with Gasteiger partial charge in [0.2, 0.25) is 0 Å². The normalized spacial score (nSPS) is 15.5. The lowest BCUT2D eigenvalue weighted by Gasteiger charge is -2.16. The highest BCUT2D eigenvalue weighted by molar-refractivity contribution is 8.04. The standard InChI is InChI=1S/C14H15NO2S/c1-10(2)9-15-13(16)8-12(14(15)17)18-11-6-4-3-5-7-11/h3-8,10H,9H2,1-2H3. The van der Waals surface area contributed by atoms with Gasteiger partial charge in [-0.05, 0) is 18.1 Å². The number of carbonyl (C=O) groups excluding carboxylic acids is 2. The second-order valence-corrected chi connectivity index (χ2v) is 5.69. The van der Waals surface area contributed by atoms with E-state index in [0.717, 1.165) is 4.90 Å². The number of hydrogen-bond acceptors (Lipinski definition) is 3. The van der Waals surface area contributed by atoms with Crippen molar-refractivity contribution in [3.05, 3.63) is 41.3 Å². The molecule has 3 nitrogen and oxygen atoms in total. The van der Waals surface area contributed by atoms with Crippen molar-refractivity contribution in [3.8, 4) is 0 Å². The molecule has 0 N–H and O–H groups in total. The first kappa shape index (κ1) is 12.9. The summed E-state index contributed by atoms with van der Waals surface area (Å²) in [5, 5.41) is 0. The van der Waals surface area contributed by atoms with Gasteiger partial charge in [-0.15, -0.1) is 0 Å². The van der Waals surface area contributed by atoms with E-state index in [1.165, 1.54) is 22.7 Å². The van der Waals surface area contributed by atoms with Gasteiger partial charge in [-0.2, -0.15) is 0 Å². The highest BCUT2D eigenvalue weighted by Gasteiger charge is 2.31. The van der Waals surface area contributed by atoms with E-state index < -0.39 is 0 Å². The fourth-order valence-corrected chi connectivity index (χ4v) is 2.62. The van der Waals surface area contributed by atoms with Gasteiger partial charge in [0.25, 0.3) is 11.8 Å². The zero-order valence-electron chi connectivity index (χ0n) is 10.4. The fourth-order valence-electron chi connectivity index (χ4n) is 1.71. The number of imide groups is 1. The summed E-state index contributed by atoms with van der Waals surface area (Å²) in [6, 6.07) is 9.60. The van der Waals surface area contributed by atoms with Crippen molar-refractivity contribution in [2.24, 2.45) is 5.92 Å². The highest BCUT2D eigenvalue weighted by Crippen LogP contribution is 2.31. The molecule has 0 bridgehead atoms. The van der Waals surface area contributed by atoms with Gasteiger partial charge < -0.3 is 0 Å². The quantitative estimate of drug-likeness (QED) is 0.782. The molecule has 1 aliphatic rings. The molecule has 0 fully saturated rings. The number of hydrogen-bond donors (Lipinski definition) is 0. The molecule has 0 radical (unpaired) electrons. The summed E-state index contributed by atoms with van der Waals surface area (Å²) in [4.78, 5) is 26.6. The first-order chi connectivity index (χ1) is 8.58. The molecule has 18 heavy (non-hydrogen) atoms. The molecule has 0 aliphatic carbocycles. The van der Waals surface area contributed by atoms with Crippen LogP contribution in [0, 0.1) is 5.92 Å². The van der Waals surface area contributed by atoms with Crippen molar-refractivity contribution in [1.29, 1.82) is 0 Å². The van der Waals surface area contributed by atoms with Gasteiger partial charge >= 0.3 is 0 Å². The Morgan fingerprint density at radius 2 is 1.83 bits per heavy atom. The first-order valence-electron chi connectivity index (χ1n) is 5.88. The van der Waals surface area contributed by atoms with Crippen LogP contribution in [-0.4, -0.2) is 23.3 Å². The fraction of sp³-hybridized carbons (Fsp3) is 0.286. The summed E-state index contributed by atoms with van der Waals surface area (Å²) >= 11 is 1.34. The Balaban J connectivity index is 2.10. The number of benzene rings is 1. The van der Waals surface area contributed by atoms with Crippen LogP contribution in [0.25, 0.3) is 0 Å². The zero-order valence-corrected chi connectivity index (χ0v) is 11.2. The Labute approximate surface area is 111 Å². The molecular formula is C14H15NO2S. The minimum absolute atomic E-state index is 0.178. The lowest BCUT2D eigenvalue weighted by molar-refractivity contribution is -0.137. The first-order valence-corrected chi connectivity index (χ1v) is 6.70. The van der Waals surface area contributed by atoms with Gasteiger partial charge in [0.05, 0.1) is 4.91 Å². The van der Waals surface area contributed by atoms with Crippen LogP contribution in [0.2, 0.25) is 0 Å². The third-order valence-corrected chi connectivity index (χ3v) is 3.52. The van der Waals surface area contributed by atoms with Crippen LogP contribution in [0.5, 0.6) is 0 Å². The Morgan fingerprint density at radius 1 is 1.17 bits per heavy atom. The molecule has 0 saturated carbocycles. The zero-order chi connectivity index (χ0) is 13.1. The maximum atomic E-state index is 12.1. The van der Waals surface area contributed by atoms with E-state index in [0.29, 0.717) is 11.4 Å². The monoisotopic (exact) mass is 261 g/mol. The predicted octanol–water partition coefficient (Wildman–Crippen LogP) is 2.69. The summed E-state index contributed by atoms with van der Waals surface area (Å²) in [6.07, 6.45) is 1.43. The number of rotatable bonds is 4. The third-order valence-electron chi connectivity index (χ3n) is 2.50. The Kier molecular flexibility index (Phi) is 3.87. The second kappa shape index (κ2) is 5.40. The van der Waals surface area contributed by atoms with Gasteiger partial charge in [-0.3, -0.25) is 14.5 Å². The van der Waals surface area contributed by atoms with E-state index >= 15 is 0 Å². The van der Waals surface area contributed by atoms with Gasteiger partial charge in [0, 0.05) is 17.5 Å². The number of nitrogens with zero attached hydrogens (tertiary/aromatic N) is 1. The van der Waals surface area contributed by atoms with Gasteiger partial charge in [0.15, 0.2) is 0 Å². The molecule has 0 saturated heterocycles. The average Bonchev–Trinajstić information content (AvgIpc) is 2.58. The highest BCUT2D eigenvalue weighted by atomic mass is 32.2. The third kappa shape index (κ3) is 2.82. The SMILES string of the molecule is CC(C)CN1C(=O)C=C(Sc2ccccc2)C1=O. The van der Waals surface area contributed by atoms with Crippen molar-refractivity contribution in [2.45, 2.75) is 18.7 Å². The molecule has 94 valence electrons. The predicted molar refractivity (Wildman–Crippen MR) is 71.9 cm³/mol. The molecule has 0 atom stereocenters. The molecule has 0 unspecified atom stereocenters. The maximum Gasteiger partial charge on any atom is 0.267 e. The topological polar surface area (TPSA) is 37.4 Å². The molecule has 2 rings (SSSR count). The van der Waals surface area contributed by atoms with Crippen LogP contribution in [-0.2, 0) is 9.59 Å². The molecule has 4 heteroatoms. The Morgan fingerprint density at radius 3 is 2.44 bits per heavy atom. The summed E-state index contributed by atoms with van der Waals surface area (Å²) in [6.45, 7) is 4.46. The van der Waals surface area contributed by atoms with Gasteiger partial charge in [-0.25, -0.2) is 0 Å². The van der Waals surface area contributed by atoms with E-state index in [1.54, 1.807) is 0 Å². The minimum atomic E-state index is -0.202. The number of thioether (sulfide) groups is 1. The minimum Gasteiger partial charge on any atom is -0.274 e. The van der Waals surface area contributed by atoms with Crippen LogP contribution in [0.3, 0.4) is 0 Å². The summed E-state index contributed by atoms with van der Waals surface area (Å²) < 4.78 is 0. The van der Waals surface area contributed by atoms with E-state index in [-0.39, 0.29) is 17.7 Å². The van der Waals surface area contributed by atoms with E-state index in [2.05, 4.69) is 0 Å². The van der Waals surface area contributed by atoms with Gasteiger partial charge in [0.1, 0.15) is 0 Å². The van der Waals surface area contributed by atoms with E-state index in [9.17, 15) is 9.59 Å². The van der Waals surface area contributed by atoms with Crippen molar-refractivity contribution in [2.75, 3.05) is 6.54 Å². The second-order valence-electron chi connectivity index (χ2n) is 4.57. The molecular weight excluding hydrogens is 246 g/mol. The van der Waals surface area contributed by atoms with E-state index in [1.807, 2.05) is 44.2 Å². The Hall–Kier alpha value is -1.55. The van der Waals surface area contributed by atoms with Crippen molar-refractivity contribution >= 4 is 23.6 Å². The molecule has 0 aromatic heterocycles. The van der Waals surface area contributed by atoms with Crippen LogP contribution in [0.15, 0.2) is 46.2 Å². The molecule has 1 aromatic rings. The molecule has 1 aromatic carbocycles. The van der Waals surface area contributed by atoms with E-state index in [4.69, 9.17) is 0 Å². The molecule has 0 spiro atoms. The van der Waals surface area contributed by atoms with Gasteiger partial charge in [-0.1, -0.05) is 43.8 Å². The number of amides is 2. The summed E-state index contributed by atoms with van der Waals surface area (Å²) in [7, 11) is 0. The smallest absolute Gasteiger partial charge is 0.267 e. The van der Waals surface area contributed by atoms with Crippen molar-refractivity contribution < 1.29 is 9.59 Å². The largest absolute Gasteiger partial charge is 0.274 e. The Bertz CT molecular complexity index is 494. The molecule has 1 heterocycles. The average molecular weight is 261 g/mol. The van der Waals surface area contributed by atoms with Crippen LogP contribution >= 0.6 is 11.8 Å². The molecule has 2 amide bonds. The lowest BCUT2D eigenvalue weighted by atomic mass is 10.2. The molecule has 1 aliphatic heterocycles. The van der Waals surface area contributed by atoms with Crippen LogP contribution < -0.4 is 0 Å². The van der Waals surface area contributed by atoms with Crippen molar-refractivity contribution in [1.82, 2.24) is 4.90 Å². The van der Waals surface area contributed by atoms with Crippen LogP contribution in [0.4, 0.5) is 0 Å². The summed E-state index contributed by atoms with van der Waals surface area (Å²) in [5.41, 5.74) is 0. The summed E-state index contributed by atoms with van der Waals surface area (Å²) in [5.74, 6) is -0.0953. The van der Waals surface area contributed by atoms with Crippen LogP contribution in [0.1, 0.15) is 13.8 Å².